The lowest BCUT2D eigenvalue weighted by molar-refractivity contribution is -0.118. The summed E-state index contributed by atoms with van der Waals surface area (Å²) in [4.78, 5) is 24.8. The van der Waals surface area contributed by atoms with E-state index < -0.39 is 11.7 Å². The van der Waals surface area contributed by atoms with Crippen molar-refractivity contribution in [2.24, 2.45) is 0 Å². The average molecular weight is 377 g/mol. The number of benzene rings is 3. The zero-order valence-electron chi connectivity index (χ0n) is 15.0. The highest BCUT2D eigenvalue weighted by Crippen LogP contribution is 2.24. The maximum absolute atomic E-state index is 13.5. The molecule has 4 aromatic rings. The summed E-state index contributed by atoms with van der Waals surface area (Å²) < 4.78 is 24.6. The van der Waals surface area contributed by atoms with Gasteiger partial charge in [0.25, 0.3) is 5.91 Å². The molecule has 6 heteroatoms. The number of carbonyl (C=O) groups excluding carboxylic acids is 1. The number of rotatable bonds is 4. The van der Waals surface area contributed by atoms with Crippen LogP contribution in [0.5, 0.6) is 5.75 Å². The maximum atomic E-state index is 13.5. The van der Waals surface area contributed by atoms with Crippen molar-refractivity contribution in [1.29, 1.82) is 0 Å². The number of carbonyl (C=O) groups is 1. The standard InChI is InChI=1S/C22H16FNO4/c1-13-5-4-6-16-21(26)15-10-9-14(11-19(15)28-22(13)16)24-20(25)12-27-18-8-3-2-7-17(18)23/h2-11H,12H2,1H3,(H,24,25). The summed E-state index contributed by atoms with van der Waals surface area (Å²) in [7, 11) is 0. The van der Waals surface area contributed by atoms with Crippen LogP contribution < -0.4 is 15.5 Å². The first-order valence-corrected chi connectivity index (χ1v) is 8.66. The second-order valence-corrected chi connectivity index (χ2v) is 6.36. The van der Waals surface area contributed by atoms with Gasteiger partial charge in [-0.1, -0.05) is 24.3 Å². The van der Waals surface area contributed by atoms with Gasteiger partial charge in [0.1, 0.15) is 11.2 Å². The van der Waals surface area contributed by atoms with Gasteiger partial charge in [0.2, 0.25) is 5.43 Å². The van der Waals surface area contributed by atoms with E-state index in [0.29, 0.717) is 27.6 Å². The molecule has 1 amide bonds. The minimum atomic E-state index is -0.537. The van der Waals surface area contributed by atoms with Crippen LogP contribution in [0.2, 0.25) is 0 Å². The minimum absolute atomic E-state index is 0.00380. The fourth-order valence-corrected chi connectivity index (χ4v) is 3.00. The van der Waals surface area contributed by atoms with E-state index in [1.807, 2.05) is 19.1 Å². The van der Waals surface area contributed by atoms with E-state index in [9.17, 15) is 14.0 Å². The Morgan fingerprint density at radius 2 is 1.89 bits per heavy atom. The molecule has 0 aliphatic carbocycles. The van der Waals surface area contributed by atoms with Gasteiger partial charge in [-0.15, -0.1) is 0 Å². The Labute approximate surface area is 159 Å². The molecule has 0 atom stereocenters. The molecule has 5 nitrogen and oxygen atoms in total. The highest BCUT2D eigenvalue weighted by Gasteiger charge is 2.11. The first-order valence-electron chi connectivity index (χ1n) is 8.66. The Morgan fingerprint density at radius 3 is 2.71 bits per heavy atom. The van der Waals surface area contributed by atoms with Gasteiger partial charge in [0.15, 0.2) is 18.2 Å². The second-order valence-electron chi connectivity index (χ2n) is 6.36. The molecule has 0 fully saturated rings. The summed E-state index contributed by atoms with van der Waals surface area (Å²) in [6.07, 6.45) is 0. The summed E-state index contributed by atoms with van der Waals surface area (Å²) in [5, 5.41) is 3.60. The summed E-state index contributed by atoms with van der Waals surface area (Å²) in [5.41, 5.74) is 2.07. The highest BCUT2D eigenvalue weighted by atomic mass is 19.1. The smallest absolute Gasteiger partial charge is 0.262 e. The van der Waals surface area contributed by atoms with Crippen molar-refractivity contribution in [1.82, 2.24) is 0 Å². The molecule has 0 bridgehead atoms. The molecule has 3 aromatic carbocycles. The SMILES string of the molecule is Cc1cccc2c(=O)c3ccc(NC(=O)COc4ccccc4F)cc3oc12. The molecule has 0 unspecified atom stereocenters. The number of fused-ring (bicyclic) bond motifs is 2. The van der Waals surface area contributed by atoms with Crippen LogP contribution in [0.3, 0.4) is 0 Å². The molecular weight excluding hydrogens is 361 g/mol. The van der Waals surface area contributed by atoms with Gasteiger partial charge in [-0.3, -0.25) is 9.59 Å². The molecule has 0 aliphatic heterocycles. The lowest BCUT2D eigenvalue weighted by Gasteiger charge is -2.09. The van der Waals surface area contributed by atoms with Gasteiger partial charge in [-0.25, -0.2) is 4.39 Å². The highest BCUT2D eigenvalue weighted by molar-refractivity contribution is 5.96. The van der Waals surface area contributed by atoms with Crippen molar-refractivity contribution in [3.05, 3.63) is 82.3 Å². The molecule has 1 heterocycles. The summed E-state index contributed by atoms with van der Waals surface area (Å²) in [6, 6.07) is 16.1. The molecule has 0 saturated heterocycles. The van der Waals surface area contributed by atoms with Crippen LogP contribution in [0, 0.1) is 12.7 Å². The van der Waals surface area contributed by atoms with Crippen LogP contribution in [0.4, 0.5) is 10.1 Å². The average Bonchev–Trinajstić information content (AvgIpc) is 2.68. The number of para-hydroxylation sites is 2. The molecule has 0 spiro atoms. The number of ether oxygens (including phenoxy) is 1. The maximum Gasteiger partial charge on any atom is 0.262 e. The number of hydrogen-bond donors (Lipinski definition) is 1. The summed E-state index contributed by atoms with van der Waals surface area (Å²) >= 11 is 0. The Kier molecular flexibility index (Phi) is 4.53. The van der Waals surface area contributed by atoms with Gasteiger partial charge >= 0.3 is 0 Å². The Hall–Kier alpha value is -3.67. The quantitative estimate of drug-likeness (QED) is 0.535. The fourth-order valence-electron chi connectivity index (χ4n) is 3.00. The summed E-state index contributed by atoms with van der Waals surface area (Å²) in [6.45, 7) is 1.52. The van der Waals surface area contributed by atoms with E-state index >= 15 is 0 Å². The molecule has 0 radical (unpaired) electrons. The monoisotopic (exact) mass is 377 g/mol. The third-order valence-corrected chi connectivity index (χ3v) is 4.37. The van der Waals surface area contributed by atoms with Crippen LogP contribution in [-0.4, -0.2) is 12.5 Å². The number of aryl methyl sites for hydroxylation is 1. The van der Waals surface area contributed by atoms with Gasteiger partial charge < -0.3 is 14.5 Å². The van der Waals surface area contributed by atoms with Crippen molar-refractivity contribution in [2.75, 3.05) is 11.9 Å². The number of nitrogens with one attached hydrogen (secondary N) is 1. The third-order valence-electron chi connectivity index (χ3n) is 4.37. The van der Waals surface area contributed by atoms with Crippen molar-refractivity contribution >= 4 is 33.5 Å². The minimum Gasteiger partial charge on any atom is -0.481 e. The largest absolute Gasteiger partial charge is 0.481 e. The van der Waals surface area contributed by atoms with Crippen LogP contribution in [0.15, 0.2) is 69.9 Å². The van der Waals surface area contributed by atoms with E-state index in [1.165, 1.54) is 18.2 Å². The van der Waals surface area contributed by atoms with Crippen molar-refractivity contribution in [3.8, 4) is 5.75 Å². The molecule has 0 saturated carbocycles. The molecule has 1 aromatic heterocycles. The molecule has 1 N–H and O–H groups in total. The third kappa shape index (κ3) is 3.32. The predicted octanol–water partition coefficient (Wildman–Crippen LogP) is 4.41. The topological polar surface area (TPSA) is 68.5 Å². The lowest BCUT2D eigenvalue weighted by atomic mass is 10.1. The lowest BCUT2D eigenvalue weighted by Crippen LogP contribution is -2.20. The zero-order chi connectivity index (χ0) is 19.7. The Bertz CT molecular complexity index is 1260. The van der Waals surface area contributed by atoms with Crippen LogP contribution in [0.1, 0.15) is 5.56 Å². The van der Waals surface area contributed by atoms with Crippen molar-refractivity contribution < 1.29 is 18.3 Å². The van der Waals surface area contributed by atoms with Crippen LogP contribution >= 0.6 is 0 Å². The van der Waals surface area contributed by atoms with Crippen molar-refractivity contribution in [2.45, 2.75) is 6.92 Å². The van der Waals surface area contributed by atoms with E-state index in [-0.39, 0.29) is 17.8 Å². The van der Waals surface area contributed by atoms with Crippen LogP contribution in [0.25, 0.3) is 21.9 Å². The molecule has 140 valence electrons. The van der Waals surface area contributed by atoms with E-state index in [4.69, 9.17) is 9.15 Å². The predicted molar refractivity (Wildman–Crippen MR) is 105 cm³/mol. The Morgan fingerprint density at radius 1 is 1.07 bits per heavy atom. The molecule has 28 heavy (non-hydrogen) atoms. The van der Waals surface area contributed by atoms with Gasteiger partial charge in [-0.2, -0.15) is 0 Å². The number of anilines is 1. The van der Waals surface area contributed by atoms with Gasteiger partial charge in [-0.05, 0) is 42.8 Å². The molecule has 0 aliphatic rings. The van der Waals surface area contributed by atoms with E-state index in [1.54, 1.807) is 30.3 Å². The number of hydrogen-bond acceptors (Lipinski definition) is 4. The molecular formula is C22H16FNO4. The first-order chi connectivity index (χ1) is 13.5. The van der Waals surface area contributed by atoms with Crippen LogP contribution in [-0.2, 0) is 4.79 Å². The van der Waals surface area contributed by atoms with Gasteiger partial charge in [0, 0.05) is 11.8 Å². The normalized spacial score (nSPS) is 10.9. The van der Waals surface area contributed by atoms with Gasteiger partial charge in [0.05, 0.1) is 10.8 Å². The van der Waals surface area contributed by atoms with E-state index in [2.05, 4.69) is 5.32 Å². The van der Waals surface area contributed by atoms with Crippen molar-refractivity contribution in [3.63, 3.8) is 0 Å². The number of amides is 1. The fraction of sp³-hybridized carbons (Fsp3) is 0.0909. The van der Waals surface area contributed by atoms with E-state index in [0.717, 1.165) is 5.56 Å². The first kappa shape index (κ1) is 17.7. The molecule has 4 rings (SSSR count). The summed E-state index contributed by atoms with van der Waals surface area (Å²) in [5.74, 6) is -0.990. The second kappa shape index (κ2) is 7.15. The Balaban J connectivity index is 1.58. The zero-order valence-corrected chi connectivity index (χ0v) is 15.0. The number of halogens is 1.